The number of carbonyl (C=O) groups is 3. The highest BCUT2D eigenvalue weighted by atomic mass is 35.5. The Morgan fingerprint density at radius 2 is 1.76 bits per heavy atom. The third kappa shape index (κ3) is 6.31. The molecular weight excluding hydrogens is 483 g/mol. The van der Waals surface area contributed by atoms with Crippen LogP contribution in [0.1, 0.15) is 36.2 Å². The number of halogens is 4. The van der Waals surface area contributed by atoms with Crippen molar-refractivity contribution >= 4 is 34.8 Å². The zero-order valence-electron chi connectivity index (χ0n) is 18.1. The number of alkyl halides is 3. The average Bonchev–Trinajstić information content (AvgIpc) is 2.77. The molecular formula is C22H19ClF3NO7. The van der Waals surface area contributed by atoms with E-state index < -0.39 is 58.1 Å². The van der Waals surface area contributed by atoms with Gasteiger partial charge in [-0.25, -0.2) is 0 Å². The molecule has 0 aliphatic rings. The molecule has 2 aromatic carbocycles. The van der Waals surface area contributed by atoms with E-state index >= 15 is 0 Å². The van der Waals surface area contributed by atoms with E-state index in [9.17, 15) is 37.7 Å². The number of ether oxygens (including phenoxy) is 2. The minimum Gasteiger partial charge on any atom is -0.468 e. The average molecular weight is 502 g/mol. The van der Waals surface area contributed by atoms with Crippen LogP contribution < -0.4 is 4.74 Å². The van der Waals surface area contributed by atoms with E-state index in [4.69, 9.17) is 16.3 Å². The number of hydrogen-bond donors (Lipinski definition) is 0. The van der Waals surface area contributed by atoms with Crippen molar-refractivity contribution in [2.45, 2.75) is 26.4 Å². The topological polar surface area (TPSA) is 113 Å². The van der Waals surface area contributed by atoms with Crippen molar-refractivity contribution in [3.63, 3.8) is 0 Å². The van der Waals surface area contributed by atoms with E-state index in [0.29, 0.717) is 6.07 Å². The van der Waals surface area contributed by atoms with Gasteiger partial charge in [-0.1, -0.05) is 18.5 Å². The Kier molecular flexibility index (Phi) is 8.38. The lowest BCUT2D eigenvalue weighted by Crippen LogP contribution is -2.28. The van der Waals surface area contributed by atoms with Crippen LogP contribution in [0.2, 0.25) is 5.02 Å². The molecule has 182 valence electrons. The Morgan fingerprint density at radius 1 is 1.12 bits per heavy atom. The smallest absolute Gasteiger partial charge is 0.416 e. The summed E-state index contributed by atoms with van der Waals surface area (Å²) in [5, 5.41) is 11.0. The van der Waals surface area contributed by atoms with Gasteiger partial charge < -0.3 is 9.47 Å². The maximum absolute atomic E-state index is 12.8. The van der Waals surface area contributed by atoms with Gasteiger partial charge >= 0.3 is 12.1 Å². The second-order valence-corrected chi connectivity index (χ2v) is 7.76. The number of esters is 1. The molecule has 0 fully saturated rings. The van der Waals surface area contributed by atoms with Gasteiger partial charge in [0.15, 0.2) is 5.78 Å². The van der Waals surface area contributed by atoms with Gasteiger partial charge in [-0.2, -0.15) is 13.2 Å². The Balaban J connectivity index is 2.31. The van der Waals surface area contributed by atoms with Crippen LogP contribution in [-0.4, -0.2) is 29.6 Å². The summed E-state index contributed by atoms with van der Waals surface area (Å²) >= 11 is 5.86. The lowest BCUT2D eigenvalue weighted by Gasteiger charge is -2.15. The van der Waals surface area contributed by atoms with Gasteiger partial charge in [-0.15, -0.1) is 0 Å². The highest BCUT2D eigenvalue weighted by Gasteiger charge is 2.32. The van der Waals surface area contributed by atoms with Crippen molar-refractivity contribution in [1.82, 2.24) is 0 Å². The monoisotopic (exact) mass is 501 g/mol. The van der Waals surface area contributed by atoms with Gasteiger partial charge in [0.1, 0.15) is 23.2 Å². The molecule has 0 bridgehead atoms. The van der Waals surface area contributed by atoms with Crippen LogP contribution in [0.3, 0.4) is 0 Å². The van der Waals surface area contributed by atoms with E-state index in [0.717, 1.165) is 37.4 Å². The van der Waals surface area contributed by atoms with E-state index in [2.05, 4.69) is 4.74 Å². The number of rotatable bonds is 9. The van der Waals surface area contributed by atoms with Crippen LogP contribution in [0, 0.1) is 22.0 Å². The number of nitro groups is 1. The van der Waals surface area contributed by atoms with E-state index in [1.807, 2.05) is 0 Å². The van der Waals surface area contributed by atoms with Crippen molar-refractivity contribution < 1.29 is 42.0 Å². The summed E-state index contributed by atoms with van der Waals surface area (Å²) in [6.45, 7) is 2.72. The first-order valence-electron chi connectivity index (χ1n) is 9.74. The van der Waals surface area contributed by atoms with Crippen molar-refractivity contribution in [3.05, 3.63) is 62.7 Å². The molecule has 2 atom stereocenters. The van der Waals surface area contributed by atoms with E-state index in [-0.39, 0.29) is 22.1 Å². The number of benzene rings is 2. The molecule has 0 aliphatic heterocycles. The molecule has 0 heterocycles. The minimum atomic E-state index is -4.62. The summed E-state index contributed by atoms with van der Waals surface area (Å²) < 4.78 is 48.4. The first-order valence-corrected chi connectivity index (χ1v) is 10.1. The predicted molar refractivity (Wildman–Crippen MR) is 114 cm³/mol. The number of Topliss-reactive ketones (excluding diaryl/α,β-unsaturated/α-hetero) is 2. The molecule has 0 N–H and O–H groups in total. The number of hydrogen-bond acceptors (Lipinski definition) is 7. The van der Waals surface area contributed by atoms with Crippen LogP contribution in [0.5, 0.6) is 11.5 Å². The van der Waals surface area contributed by atoms with E-state index in [1.54, 1.807) is 0 Å². The van der Waals surface area contributed by atoms with Gasteiger partial charge in [-0.3, -0.25) is 24.5 Å². The Morgan fingerprint density at radius 3 is 2.29 bits per heavy atom. The maximum Gasteiger partial charge on any atom is 0.416 e. The van der Waals surface area contributed by atoms with Crippen LogP contribution >= 0.6 is 11.6 Å². The summed E-state index contributed by atoms with van der Waals surface area (Å²) in [5.74, 6) is -4.47. The molecule has 2 rings (SSSR count). The molecule has 0 aliphatic carbocycles. The van der Waals surface area contributed by atoms with Gasteiger partial charge in [0.2, 0.25) is 0 Å². The molecule has 0 aromatic heterocycles. The number of ketones is 2. The molecule has 12 heteroatoms. The highest BCUT2D eigenvalue weighted by Crippen LogP contribution is 2.37. The van der Waals surface area contributed by atoms with Crippen LogP contribution in [0.4, 0.5) is 18.9 Å². The summed E-state index contributed by atoms with van der Waals surface area (Å²) in [6, 6.07) is 5.55. The Labute approximate surface area is 196 Å². The number of carbonyl (C=O) groups excluding carboxylic acids is 3. The summed E-state index contributed by atoms with van der Waals surface area (Å²) in [7, 11) is 1.11. The fraction of sp³-hybridized carbons (Fsp3) is 0.318. The fourth-order valence-electron chi connectivity index (χ4n) is 3.06. The highest BCUT2D eigenvalue weighted by molar-refractivity contribution is 6.32. The van der Waals surface area contributed by atoms with Gasteiger partial charge in [0.25, 0.3) is 5.69 Å². The number of nitro benzene ring substituents is 1. The third-order valence-electron chi connectivity index (χ3n) is 4.91. The maximum atomic E-state index is 12.8. The zero-order chi connectivity index (χ0) is 25.8. The number of nitrogens with zero attached hydrogens (tertiary/aromatic N) is 1. The third-order valence-corrected chi connectivity index (χ3v) is 5.21. The normalized spacial score (nSPS) is 13.0. The summed E-state index contributed by atoms with van der Waals surface area (Å²) in [4.78, 5) is 47.3. The van der Waals surface area contributed by atoms with Crippen LogP contribution in [0.25, 0.3) is 0 Å². The van der Waals surface area contributed by atoms with Crippen LogP contribution in [0.15, 0.2) is 36.4 Å². The SMILES string of the molecule is COC(=O)C(C)C(=O)C(C)CC(=O)c1cc(Oc2ccc(C(F)(F)F)cc2Cl)ccc1[N+](=O)[O-]. The van der Waals surface area contributed by atoms with Crippen molar-refractivity contribution in [2.75, 3.05) is 7.11 Å². The summed E-state index contributed by atoms with van der Waals surface area (Å²) in [5.41, 5.74) is -1.93. The predicted octanol–water partition coefficient (Wildman–Crippen LogP) is 5.65. The Hall–Kier alpha value is -3.47. The zero-order valence-corrected chi connectivity index (χ0v) is 18.9. The molecule has 0 amide bonds. The lowest BCUT2D eigenvalue weighted by molar-refractivity contribution is -0.385. The first-order chi connectivity index (χ1) is 15.8. The molecule has 0 saturated heterocycles. The molecule has 34 heavy (non-hydrogen) atoms. The summed E-state index contributed by atoms with van der Waals surface area (Å²) in [6.07, 6.45) is -5.06. The van der Waals surface area contributed by atoms with Crippen LogP contribution in [-0.2, 0) is 20.5 Å². The molecule has 2 aromatic rings. The van der Waals surface area contributed by atoms with E-state index in [1.165, 1.54) is 13.8 Å². The standard InChI is InChI=1S/C22H19ClF3NO7/c1-11(20(29)12(2)21(30)33-3)8-18(28)15-10-14(5-6-17(15)27(31)32)34-19-7-4-13(9-16(19)23)22(24,25)26/h4-7,9-12H,8H2,1-3H3. The number of methoxy groups -OCH3 is 1. The second-order valence-electron chi connectivity index (χ2n) is 7.36. The minimum absolute atomic E-state index is 0.0995. The quantitative estimate of drug-likeness (QED) is 0.143. The second kappa shape index (κ2) is 10.6. The van der Waals surface area contributed by atoms with Gasteiger partial charge in [-0.05, 0) is 37.3 Å². The van der Waals surface area contributed by atoms with Gasteiger partial charge in [0, 0.05) is 18.4 Å². The van der Waals surface area contributed by atoms with Crippen molar-refractivity contribution in [2.24, 2.45) is 11.8 Å². The lowest BCUT2D eigenvalue weighted by atomic mass is 9.89. The first kappa shape index (κ1) is 26.8. The molecule has 0 radical (unpaired) electrons. The molecule has 0 saturated carbocycles. The molecule has 8 nitrogen and oxygen atoms in total. The van der Waals surface area contributed by atoms with Gasteiger partial charge in [0.05, 0.1) is 28.2 Å². The largest absolute Gasteiger partial charge is 0.468 e. The molecule has 2 unspecified atom stereocenters. The fourth-order valence-corrected chi connectivity index (χ4v) is 3.28. The Bertz CT molecular complexity index is 1130. The van der Waals surface area contributed by atoms with Crippen molar-refractivity contribution in [1.29, 1.82) is 0 Å². The van der Waals surface area contributed by atoms with Crippen molar-refractivity contribution in [3.8, 4) is 11.5 Å². The molecule has 0 spiro atoms.